The third-order valence-electron chi connectivity index (χ3n) is 2.66. The van der Waals surface area contributed by atoms with E-state index in [4.69, 9.17) is 18.0 Å². The van der Waals surface area contributed by atoms with Gasteiger partial charge < -0.3 is 5.73 Å². The van der Waals surface area contributed by atoms with Crippen LogP contribution < -0.4 is 10.5 Å². The van der Waals surface area contributed by atoms with Gasteiger partial charge in [0.15, 0.2) is 0 Å². The average Bonchev–Trinajstić information content (AvgIpc) is 2.53. The SMILES string of the molecule is CCS(=O)(=O)NC1(C(N)=S)CCCC1. The Morgan fingerprint density at radius 2 is 2.00 bits per heavy atom. The van der Waals surface area contributed by atoms with Crippen LogP contribution in [0.2, 0.25) is 0 Å². The van der Waals surface area contributed by atoms with E-state index in [-0.39, 0.29) is 10.7 Å². The molecule has 0 aromatic carbocycles. The number of nitrogens with two attached hydrogens (primary N) is 1. The molecule has 0 bridgehead atoms. The molecule has 1 fully saturated rings. The summed E-state index contributed by atoms with van der Waals surface area (Å²) < 4.78 is 25.5. The maximum atomic E-state index is 11.4. The van der Waals surface area contributed by atoms with Crippen molar-refractivity contribution >= 4 is 27.2 Å². The highest BCUT2D eigenvalue weighted by molar-refractivity contribution is 7.89. The Morgan fingerprint density at radius 1 is 1.50 bits per heavy atom. The van der Waals surface area contributed by atoms with Gasteiger partial charge in [0.25, 0.3) is 0 Å². The molecule has 0 radical (unpaired) electrons. The third kappa shape index (κ3) is 2.43. The van der Waals surface area contributed by atoms with Crippen molar-refractivity contribution in [1.29, 1.82) is 0 Å². The lowest BCUT2D eigenvalue weighted by Gasteiger charge is -2.28. The van der Waals surface area contributed by atoms with E-state index < -0.39 is 15.6 Å². The summed E-state index contributed by atoms with van der Waals surface area (Å²) in [5.74, 6) is 0.0668. The molecule has 0 aromatic rings. The molecule has 0 heterocycles. The Kier molecular flexibility index (Phi) is 3.49. The molecule has 0 aliphatic heterocycles. The highest BCUT2D eigenvalue weighted by Gasteiger charge is 2.39. The minimum absolute atomic E-state index is 0.0668. The second-order valence-electron chi connectivity index (χ2n) is 3.66. The van der Waals surface area contributed by atoms with Gasteiger partial charge in [0.2, 0.25) is 10.0 Å². The molecule has 6 heteroatoms. The van der Waals surface area contributed by atoms with E-state index in [0.717, 1.165) is 25.7 Å². The predicted molar refractivity (Wildman–Crippen MR) is 60.6 cm³/mol. The summed E-state index contributed by atoms with van der Waals surface area (Å²) in [5, 5.41) is 0. The molecule has 0 amide bonds. The van der Waals surface area contributed by atoms with Crippen LogP contribution in [0.15, 0.2) is 0 Å². The number of sulfonamides is 1. The van der Waals surface area contributed by atoms with Crippen molar-refractivity contribution in [3.05, 3.63) is 0 Å². The first-order chi connectivity index (χ1) is 6.42. The Morgan fingerprint density at radius 3 is 2.36 bits per heavy atom. The average molecular weight is 236 g/mol. The highest BCUT2D eigenvalue weighted by atomic mass is 32.2. The van der Waals surface area contributed by atoms with E-state index in [0.29, 0.717) is 0 Å². The van der Waals surface area contributed by atoms with Crippen LogP contribution in [-0.4, -0.2) is 24.7 Å². The Balaban J connectivity index is 2.86. The summed E-state index contributed by atoms with van der Waals surface area (Å²) in [4.78, 5) is 0.270. The Hall–Kier alpha value is -0.200. The van der Waals surface area contributed by atoms with Crippen molar-refractivity contribution in [3.8, 4) is 0 Å². The molecular formula is C8H16N2O2S2. The van der Waals surface area contributed by atoms with Crippen LogP contribution in [0.25, 0.3) is 0 Å². The Bertz CT molecular complexity index is 318. The topological polar surface area (TPSA) is 72.2 Å². The second-order valence-corrected chi connectivity index (χ2v) is 6.11. The number of hydrogen-bond acceptors (Lipinski definition) is 3. The van der Waals surface area contributed by atoms with Gasteiger partial charge >= 0.3 is 0 Å². The van der Waals surface area contributed by atoms with Crippen LogP contribution in [0.3, 0.4) is 0 Å². The monoisotopic (exact) mass is 236 g/mol. The Labute approximate surface area is 90.3 Å². The maximum Gasteiger partial charge on any atom is 0.212 e. The van der Waals surface area contributed by atoms with E-state index in [1.54, 1.807) is 6.92 Å². The first kappa shape index (κ1) is 11.9. The summed E-state index contributed by atoms with van der Waals surface area (Å²) >= 11 is 4.93. The van der Waals surface area contributed by atoms with Crippen LogP contribution in [0, 0.1) is 0 Å². The number of thiocarbonyl (C=S) groups is 1. The molecule has 0 saturated heterocycles. The summed E-state index contributed by atoms with van der Waals surface area (Å²) in [6, 6.07) is 0. The van der Waals surface area contributed by atoms with Gasteiger partial charge in [-0.05, 0) is 19.8 Å². The van der Waals surface area contributed by atoms with Crippen molar-refractivity contribution in [3.63, 3.8) is 0 Å². The van der Waals surface area contributed by atoms with Crippen molar-refractivity contribution in [2.45, 2.75) is 38.1 Å². The van der Waals surface area contributed by atoms with Gasteiger partial charge in [-0.15, -0.1) is 0 Å². The maximum absolute atomic E-state index is 11.4. The third-order valence-corrected chi connectivity index (χ3v) is 4.51. The van der Waals surface area contributed by atoms with Crippen LogP contribution in [0.4, 0.5) is 0 Å². The number of nitrogens with one attached hydrogen (secondary N) is 1. The number of rotatable bonds is 4. The van der Waals surface area contributed by atoms with E-state index in [2.05, 4.69) is 4.72 Å². The molecule has 0 unspecified atom stereocenters. The highest BCUT2D eigenvalue weighted by Crippen LogP contribution is 2.30. The molecule has 1 saturated carbocycles. The van der Waals surface area contributed by atoms with E-state index in [9.17, 15) is 8.42 Å². The van der Waals surface area contributed by atoms with Crippen molar-refractivity contribution < 1.29 is 8.42 Å². The fourth-order valence-electron chi connectivity index (χ4n) is 1.75. The zero-order valence-corrected chi connectivity index (χ0v) is 9.88. The second kappa shape index (κ2) is 4.12. The zero-order valence-electron chi connectivity index (χ0n) is 8.25. The van der Waals surface area contributed by atoms with Gasteiger partial charge in [-0.2, -0.15) is 0 Å². The van der Waals surface area contributed by atoms with Crippen molar-refractivity contribution in [1.82, 2.24) is 4.72 Å². The summed E-state index contributed by atoms with van der Waals surface area (Å²) in [7, 11) is -3.22. The van der Waals surface area contributed by atoms with E-state index >= 15 is 0 Å². The lowest BCUT2D eigenvalue weighted by atomic mass is 10.00. The van der Waals surface area contributed by atoms with E-state index in [1.165, 1.54) is 0 Å². The molecule has 82 valence electrons. The van der Waals surface area contributed by atoms with Gasteiger partial charge in [0.05, 0.1) is 16.3 Å². The first-order valence-corrected chi connectivity index (χ1v) is 6.79. The molecule has 4 nitrogen and oxygen atoms in total. The van der Waals surface area contributed by atoms with Crippen LogP contribution in [-0.2, 0) is 10.0 Å². The summed E-state index contributed by atoms with van der Waals surface area (Å²) in [5.41, 5.74) is 4.95. The lowest BCUT2D eigenvalue weighted by Crippen LogP contribution is -2.55. The largest absolute Gasteiger partial charge is 0.392 e. The molecule has 3 N–H and O–H groups in total. The molecule has 1 aliphatic carbocycles. The standard InChI is InChI=1S/C8H16N2O2S2/c1-2-14(11,12)10-8(7(9)13)5-3-4-6-8/h10H,2-6H2,1H3,(H2,9,13). The van der Waals surface area contributed by atoms with Crippen molar-refractivity contribution in [2.24, 2.45) is 5.73 Å². The lowest BCUT2D eigenvalue weighted by molar-refractivity contribution is 0.503. The minimum Gasteiger partial charge on any atom is -0.392 e. The van der Waals surface area contributed by atoms with Crippen LogP contribution in [0.5, 0.6) is 0 Å². The molecular weight excluding hydrogens is 220 g/mol. The minimum atomic E-state index is -3.22. The molecule has 0 atom stereocenters. The van der Waals surface area contributed by atoms with Gasteiger partial charge in [0, 0.05) is 0 Å². The number of hydrogen-bond donors (Lipinski definition) is 2. The molecule has 1 aliphatic rings. The van der Waals surface area contributed by atoms with Crippen LogP contribution in [0.1, 0.15) is 32.6 Å². The zero-order chi connectivity index (χ0) is 10.8. The van der Waals surface area contributed by atoms with Gasteiger partial charge in [0.1, 0.15) is 0 Å². The molecule has 1 rings (SSSR count). The quantitative estimate of drug-likeness (QED) is 0.698. The molecule has 14 heavy (non-hydrogen) atoms. The van der Waals surface area contributed by atoms with Gasteiger partial charge in [-0.3, -0.25) is 0 Å². The fraction of sp³-hybridized carbons (Fsp3) is 0.875. The molecule has 0 aromatic heterocycles. The molecule has 0 spiro atoms. The van der Waals surface area contributed by atoms with Gasteiger partial charge in [-0.25, -0.2) is 13.1 Å². The summed E-state index contributed by atoms with van der Waals surface area (Å²) in [6.07, 6.45) is 3.40. The normalized spacial score (nSPS) is 20.9. The van der Waals surface area contributed by atoms with Crippen molar-refractivity contribution in [2.75, 3.05) is 5.75 Å². The summed E-state index contributed by atoms with van der Waals surface area (Å²) in [6.45, 7) is 1.60. The smallest absolute Gasteiger partial charge is 0.212 e. The van der Waals surface area contributed by atoms with Crippen LogP contribution >= 0.6 is 12.2 Å². The fourth-order valence-corrected chi connectivity index (χ4v) is 3.12. The predicted octanol–water partition coefficient (Wildman–Crippen LogP) is 0.525. The van der Waals surface area contributed by atoms with Gasteiger partial charge in [-0.1, -0.05) is 25.1 Å². The van der Waals surface area contributed by atoms with E-state index in [1.807, 2.05) is 0 Å². The first-order valence-electron chi connectivity index (χ1n) is 4.73.